The van der Waals surface area contributed by atoms with E-state index in [-0.39, 0.29) is 18.4 Å². The molecule has 0 bridgehead atoms. The van der Waals surface area contributed by atoms with Gasteiger partial charge in [0.1, 0.15) is 18.5 Å². The van der Waals surface area contributed by atoms with E-state index in [1.54, 1.807) is 25.3 Å². The molecular weight excluding hydrogens is 330 g/mol. The van der Waals surface area contributed by atoms with Crippen molar-refractivity contribution >= 4 is 17.5 Å². The largest absolute Gasteiger partial charge is 0.496 e. The van der Waals surface area contributed by atoms with Crippen LogP contribution in [0.3, 0.4) is 0 Å². The Balaban J connectivity index is 1.54. The molecule has 2 aromatic rings. The van der Waals surface area contributed by atoms with Gasteiger partial charge in [-0.3, -0.25) is 4.79 Å². The summed E-state index contributed by atoms with van der Waals surface area (Å²) in [5.41, 5.74) is 0.744. The van der Waals surface area contributed by atoms with Gasteiger partial charge in [0.05, 0.1) is 20.1 Å². The van der Waals surface area contributed by atoms with E-state index < -0.39 is 0 Å². The van der Waals surface area contributed by atoms with Gasteiger partial charge in [0.25, 0.3) is 0 Å². The molecule has 24 heavy (non-hydrogen) atoms. The van der Waals surface area contributed by atoms with Crippen LogP contribution >= 0.6 is 11.6 Å². The summed E-state index contributed by atoms with van der Waals surface area (Å²) in [6.07, 6.45) is -0.0291. The molecule has 0 aromatic heterocycles. The van der Waals surface area contributed by atoms with Crippen LogP contribution in [-0.2, 0) is 11.2 Å². The zero-order chi connectivity index (χ0) is 16.9. The fourth-order valence-corrected chi connectivity index (χ4v) is 2.71. The Labute approximate surface area is 145 Å². The van der Waals surface area contributed by atoms with E-state index in [0.29, 0.717) is 29.7 Å². The standard InChI is InChI=1S/C18H18ClNO4/c1-22-15-7-6-13(19)8-12(15)9-18(21)20-10-14-11-23-16-4-2-3-5-17(16)24-14/h2-8,14H,9-11H2,1H3,(H,20,21)/t14-/m0/s1. The Morgan fingerprint density at radius 3 is 2.88 bits per heavy atom. The molecule has 1 aliphatic heterocycles. The summed E-state index contributed by atoms with van der Waals surface area (Å²) in [4.78, 5) is 12.2. The molecule has 1 N–H and O–H groups in total. The molecule has 6 heteroatoms. The summed E-state index contributed by atoms with van der Waals surface area (Å²) < 4.78 is 16.7. The number of amides is 1. The average molecular weight is 348 g/mol. The highest BCUT2D eigenvalue weighted by atomic mass is 35.5. The van der Waals surface area contributed by atoms with Crippen molar-refractivity contribution in [2.24, 2.45) is 0 Å². The molecular formula is C18H18ClNO4. The maximum absolute atomic E-state index is 12.2. The zero-order valence-electron chi connectivity index (χ0n) is 13.3. The number of carbonyl (C=O) groups excluding carboxylic acids is 1. The lowest BCUT2D eigenvalue weighted by Gasteiger charge is -2.26. The third kappa shape index (κ3) is 3.92. The number of methoxy groups -OCH3 is 1. The van der Waals surface area contributed by atoms with Crippen LogP contribution in [0.15, 0.2) is 42.5 Å². The van der Waals surface area contributed by atoms with Gasteiger partial charge in [-0.15, -0.1) is 0 Å². The van der Waals surface area contributed by atoms with Gasteiger partial charge < -0.3 is 19.5 Å². The molecule has 1 atom stereocenters. The molecule has 0 unspecified atom stereocenters. The van der Waals surface area contributed by atoms with Gasteiger partial charge in [-0.05, 0) is 30.3 Å². The van der Waals surface area contributed by atoms with Crippen LogP contribution in [0.2, 0.25) is 5.02 Å². The fourth-order valence-electron chi connectivity index (χ4n) is 2.51. The first-order valence-corrected chi connectivity index (χ1v) is 8.01. The van der Waals surface area contributed by atoms with E-state index >= 15 is 0 Å². The van der Waals surface area contributed by atoms with Crippen LogP contribution in [0.25, 0.3) is 0 Å². The zero-order valence-corrected chi connectivity index (χ0v) is 14.0. The lowest BCUT2D eigenvalue weighted by Crippen LogP contribution is -2.41. The van der Waals surface area contributed by atoms with Gasteiger partial charge in [-0.1, -0.05) is 23.7 Å². The maximum atomic E-state index is 12.2. The third-order valence-corrected chi connectivity index (χ3v) is 3.92. The van der Waals surface area contributed by atoms with E-state index in [0.717, 1.165) is 11.3 Å². The number of carbonyl (C=O) groups is 1. The second-order valence-electron chi connectivity index (χ2n) is 5.43. The fraction of sp³-hybridized carbons (Fsp3) is 0.278. The van der Waals surface area contributed by atoms with Crippen molar-refractivity contribution in [1.29, 1.82) is 0 Å². The number of hydrogen-bond donors (Lipinski definition) is 1. The molecule has 1 amide bonds. The second-order valence-corrected chi connectivity index (χ2v) is 5.87. The molecule has 3 rings (SSSR count). The van der Waals surface area contributed by atoms with Gasteiger partial charge in [0.15, 0.2) is 11.5 Å². The summed E-state index contributed by atoms with van der Waals surface area (Å²) in [6.45, 7) is 0.772. The molecule has 0 saturated carbocycles. The lowest BCUT2D eigenvalue weighted by molar-refractivity contribution is -0.121. The molecule has 0 fully saturated rings. The third-order valence-electron chi connectivity index (χ3n) is 3.69. The summed E-state index contributed by atoms with van der Waals surface area (Å²) >= 11 is 5.98. The molecule has 0 aliphatic carbocycles. The molecule has 0 radical (unpaired) electrons. The number of rotatable bonds is 5. The minimum absolute atomic E-state index is 0.127. The highest BCUT2D eigenvalue weighted by Crippen LogP contribution is 2.30. The van der Waals surface area contributed by atoms with Gasteiger partial charge >= 0.3 is 0 Å². The Bertz CT molecular complexity index is 735. The molecule has 0 spiro atoms. The predicted octanol–water partition coefficient (Wildman–Crippen LogP) is 2.85. The van der Waals surface area contributed by atoms with Crippen LogP contribution in [0.1, 0.15) is 5.56 Å². The first kappa shape index (κ1) is 16.5. The van der Waals surface area contributed by atoms with Crippen molar-refractivity contribution in [3.05, 3.63) is 53.1 Å². The SMILES string of the molecule is COc1ccc(Cl)cc1CC(=O)NC[C@H]1COc2ccccc2O1. The number of fused-ring (bicyclic) bond motifs is 1. The van der Waals surface area contributed by atoms with E-state index in [4.69, 9.17) is 25.8 Å². The Morgan fingerprint density at radius 1 is 1.29 bits per heavy atom. The van der Waals surface area contributed by atoms with E-state index in [1.807, 2.05) is 24.3 Å². The molecule has 1 aliphatic rings. The number of hydrogen-bond acceptors (Lipinski definition) is 4. The topological polar surface area (TPSA) is 56.8 Å². The van der Waals surface area contributed by atoms with Crippen LogP contribution in [0, 0.1) is 0 Å². The highest BCUT2D eigenvalue weighted by Gasteiger charge is 2.21. The Hall–Kier alpha value is -2.40. The van der Waals surface area contributed by atoms with E-state index in [1.165, 1.54) is 0 Å². The van der Waals surface area contributed by atoms with Crippen molar-refractivity contribution in [1.82, 2.24) is 5.32 Å². The number of ether oxygens (including phenoxy) is 3. The molecule has 126 valence electrons. The van der Waals surface area contributed by atoms with Crippen LogP contribution in [0.4, 0.5) is 0 Å². The summed E-state index contributed by atoms with van der Waals surface area (Å²) in [7, 11) is 1.56. The predicted molar refractivity (Wildman–Crippen MR) is 91.1 cm³/mol. The first-order chi connectivity index (χ1) is 11.7. The first-order valence-electron chi connectivity index (χ1n) is 7.63. The molecule has 2 aromatic carbocycles. The summed E-state index contributed by atoms with van der Waals surface area (Å²) in [6, 6.07) is 12.7. The number of para-hydroxylation sites is 2. The Kier molecular flexibility index (Phi) is 5.11. The van der Waals surface area contributed by atoms with Crippen molar-refractivity contribution in [2.75, 3.05) is 20.3 Å². The average Bonchev–Trinajstić information content (AvgIpc) is 2.60. The summed E-state index contributed by atoms with van der Waals surface area (Å²) in [5, 5.41) is 3.43. The highest BCUT2D eigenvalue weighted by molar-refractivity contribution is 6.30. The van der Waals surface area contributed by atoms with E-state index in [9.17, 15) is 4.79 Å². The Morgan fingerprint density at radius 2 is 2.08 bits per heavy atom. The number of benzene rings is 2. The summed E-state index contributed by atoms with van der Waals surface area (Å²) in [5.74, 6) is 1.93. The smallest absolute Gasteiger partial charge is 0.224 e. The molecule has 5 nitrogen and oxygen atoms in total. The van der Waals surface area contributed by atoms with Crippen LogP contribution in [-0.4, -0.2) is 32.3 Å². The minimum atomic E-state index is -0.217. The number of halogens is 1. The number of nitrogens with one attached hydrogen (secondary N) is 1. The van der Waals surface area contributed by atoms with Crippen LogP contribution in [0.5, 0.6) is 17.2 Å². The van der Waals surface area contributed by atoms with Crippen molar-refractivity contribution < 1.29 is 19.0 Å². The van der Waals surface area contributed by atoms with Crippen molar-refractivity contribution in [3.63, 3.8) is 0 Å². The van der Waals surface area contributed by atoms with Gasteiger partial charge in [0.2, 0.25) is 5.91 Å². The quantitative estimate of drug-likeness (QED) is 0.903. The lowest BCUT2D eigenvalue weighted by atomic mass is 10.1. The van der Waals surface area contributed by atoms with Crippen molar-refractivity contribution in [2.45, 2.75) is 12.5 Å². The van der Waals surface area contributed by atoms with Crippen LogP contribution < -0.4 is 19.5 Å². The van der Waals surface area contributed by atoms with Gasteiger partial charge in [-0.2, -0.15) is 0 Å². The van der Waals surface area contributed by atoms with Crippen molar-refractivity contribution in [3.8, 4) is 17.2 Å². The maximum Gasteiger partial charge on any atom is 0.224 e. The normalized spacial score (nSPS) is 15.7. The van der Waals surface area contributed by atoms with Gasteiger partial charge in [0, 0.05) is 10.6 Å². The monoisotopic (exact) mass is 347 g/mol. The minimum Gasteiger partial charge on any atom is -0.496 e. The van der Waals surface area contributed by atoms with Gasteiger partial charge in [-0.25, -0.2) is 0 Å². The van der Waals surface area contributed by atoms with E-state index in [2.05, 4.69) is 5.32 Å². The molecule has 1 heterocycles. The molecule has 0 saturated heterocycles. The second kappa shape index (κ2) is 7.45.